The predicted octanol–water partition coefficient (Wildman–Crippen LogP) is 12.8. The molecular formula is C53H48F6O12S6. The van der Waals surface area contributed by atoms with Gasteiger partial charge in [-0.25, -0.2) is 0 Å². The van der Waals surface area contributed by atoms with Crippen LogP contribution in [0, 0.1) is 16.2 Å². The van der Waals surface area contributed by atoms with Crippen LogP contribution >= 0.6 is 69.3 Å². The van der Waals surface area contributed by atoms with Crippen LogP contribution in [0.15, 0.2) is 65.6 Å². The molecule has 0 spiro atoms. The number of allylic oxidation sites excluding steroid dienone is 4. The fourth-order valence-corrected chi connectivity index (χ4v) is 16.5. The second kappa shape index (κ2) is 17.4. The maximum atomic E-state index is 17.4. The minimum atomic E-state index is -5.90. The van der Waals surface area contributed by atoms with Gasteiger partial charge in [-0.3, -0.25) is 0 Å². The lowest BCUT2D eigenvalue weighted by Gasteiger charge is -2.50. The summed E-state index contributed by atoms with van der Waals surface area (Å²) >= 11 is 10.1. The first-order valence-electron chi connectivity index (χ1n) is 24.7. The largest absolute Gasteiger partial charge is 0.380 e. The summed E-state index contributed by atoms with van der Waals surface area (Å²) in [6, 6.07) is 12.7. The van der Waals surface area contributed by atoms with E-state index in [2.05, 4.69) is 12.6 Å². The summed E-state index contributed by atoms with van der Waals surface area (Å²) in [5.74, 6) is -22.8. The van der Waals surface area contributed by atoms with Crippen molar-refractivity contribution in [1.29, 1.82) is 0 Å². The van der Waals surface area contributed by atoms with E-state index in [9.17, 15) is 0 Å². The van der Waals surface area contributed by atoms with Crippen molar-refractivity contribution in [3.63, 3.8) is 0 Å². The lowest BCUT2D eigenvalue weighted by atomic mass is 9.92. The van der Waals surface area contributed by atoms with Crippen molar-refractivity contribution in [2.75, 3.05) is 79.3 Å². The predicted molar refractivity (Wildman–Crippen MR) is 278 cm³/mol. The maximum absolute atomic E-state index is 17.4. The normalized spacial score (nSPS) is 37.8. The lowest BCUT2D eigenvalue weighted by Crippen LogP contribution is -2.60. The molecule has 1 aliphatic carbocycles. The van der Waals surface area contributed by atoms with Crippen LogP contribution in [0.3, 0.4) is 0 Å². The van der Waals surface area contributed by atoms with Crippen molar-refractivity contribution in [2.45, 2.75) is 74.8 Å². The third kappa shape index (κ3) is 7.93. The number of fused-ring (bicyclic) bond motifs is 12. The first-order chi connectivity index (χ1) is 36.4. The zero-order chi connectivity index (χ0) is 53.4. The quantitative estimate of drug-likeness (QED) is 0.0772. The number of hydrogen-bond donors (Lipinski definition) is 1. The van der Waals surface area contributed by atoms with Gasteiger partial charge in [0.15, 0.2) is 0 Å². The average molecular weight is 1180 g/mol. The van der Waals surface area contributed by atoms with Gasteiger partial charge in [0.2, 0.25) is 5.79 Å². The highest BCUT2D eigenvalue weighted by Gasteiger charge is 2.80. The molecule has 8 bridgehead atoms. The van der Waals surface area contributed by atoms with Crippen LogP contribution in [0.2, 0.25) is 0 Å². The third-order valence-electron chi connectivity index (χ3n) is 15.3. The highest BCUT2D eigenvalue weighted by molar-refractivity contribution is 7.84. The summed E-state index contributed by atoms with van der Waals surface area (Å²) < 4.78 is 176. The molecule has 0 aromatic carbocycles. The molecule has 12 saturated heterocycles. The molecule has 24 heteroatoms. The minimum absolute atomic E-state index is 0.0241. The van der Waals surface area contributed by atoms with Crippen molar-refractivity contribution in [3.8, 4) is 29.3 Å². The summed E-state index contributed by atoms with van der Waals surface area (Å²) in [5, 5.41) is 0. The Balaban J connectivity index is 0.934. The highest BCUT2D eigenvalue weighted by Crippen LogP contribution is 2.68. The smallest absolute Gasteiger partial charge is 0.364 e. The van der Waals surface area contributed by atoms with E-state index in [1.807, 2.05) is 27.7 Å². The van der Waals surface area contributed by atoms with E-state index in [0.29, 0.717) is 98.5 Å². The molecular weight excluding hydrogens is 1130 g/mol. The molecule has 12 aliphatic heterocycles. The molecule has 12 nitrogen and oxygen atoms in total. The summed E-state index contributed by atoms with van der Waals surface area (Å²) in [6.07, 6.45) is 4.28. The first-order valence-corrected chi connectivity index (χ1v) is 29.2. The van der Waals surface area contributed by atoms with Crippen molar-refractivity contribution in [2.24, 2.45) is 16.2 Å². The fraction of sp³-hybridized carbons (Fsp3) is 0.509. The van der Waals surface area contributed by atoms with E-state index < -0.39 is 69.3 Å². The molecule has 5 aromatic heterocycles. The molecule has 0 radical (unpaired) electrons. The topological polar surface area (TPSA) is 111 Å². The SMILES string of the molecule is CC12COC(/C(S)=C/C=C/c3sc(-c4ccc(C56OCC(C)(CO5)CO6)s4)cc3C3=C(c4cc(-c5ccc(C67OCC(C)(CO6)CO7)s5)sc4-c4ccc(C56COC(C)(CO5)CO6)s4)C(F)(F)C(F)(F)C3(F)F)(OC1)OC2. The van der Waals surface area contributed by atoms with Gasteiger partial charge in [0.05, 0.1) is 97.1 Å². The number of rotatable bonds is 11. The maximum Gasteiger partial charge on any atom is 0.380 e. The molecule has 0 saturated carbocycles. The Hall–Kier alpha value is -2.83. The van der Waals surface area contributed by atoms with E-state index in [1.165, 1.54) is 53.0 Å². The summed E-state index contributed by atoms with van der Waals surface area (Å²) in [5.41, 5.74) is -5.81. The van der Waals surface area contributed by atoms with E-state index >= 15 is 26.3 Å². The van der Waals surface area contributed by atoms with E-state index in [4.69, 9.17) is 56.8 Å². The second-order valence-corrected chi connectivity index (χ2v) is 28.3. The Labute approximate surface area is 462 Å². The molecule has 13 aliphatic rings. The monoisotopic (exact) mass is 1180 g/mol. The van der Waals surface area contributed by atoms with Gasteiger partial charge in [0.25, 0.3) is 0 Å². The van der Waals surface area contributed by atoms with Crippen LogP contribution < -0.4 is 0 Å². The van der Waals surface area contributed by atoms with Gasteiger partial charge in [-0.05, 0) is 67.6 Å². The minimum Gasteiger partial charge on any atom is -0.364 e. The Morgan fingerprint density at radius 3 is 1.42 bits per heavy atom. The number of alkyl halides is 6. The van der Waals surface area contributed by atoms with Crippen LogP contribution in [0.1, 0.15) is 58.3 Å². The van der Waals surface area contributed by atoms with Gasteiger partial charge in [0, 0.05) is 67.8 Å². The molecule has 0 amide bonds. The van der Waals surface area contributed by atoms with Crippen LogP contribution in [-0.4, -0.2) is 109 Å². The Kier molecular flexibility index (Phi) is 11.8. The first kappa shape index (κ1) is 52.3. The van der Waals surface area contributed by atoms with E-state index in [0.717, 1.165) is 34.0 Å². The average Bonchev–Trinajstić information content (AvgIpc) is 4.39. The highest BCUT2D eigenvalue weighted by atomic mass is 32.1. The summed E-state index contributed by atoms with van der Waals surface area (Å²) in [4.78, 5) is 3.65. The van der Waals surface area contributed by atoms with Crippen molar-refractivity contribution < 1.29 is 83.2 Å². The Morgan fingerprint density at radius 1 is 0.468 bits per heavy atom. The number of hydrogen-bond acceptors (Lipinski definition) is 18. The number of ether oxygens (including phenoxy) is 12. The van der Waals surface area contributed by atoms with Crippen molar-refractivity contribution in [1.82, 2.24) is 0 Å². The Bertz CT molecular complexity index is 3230. The molecule has 77 heavy (non-hydrogen) atoms. The van der Waals surface area contributed by atoms with Crippen LogP contribution in [0.5, 0.6) is 0 Å². The van der Waals surface area contributed by atoms with Gasteiger partial charge < -0.3 is 56.8 Å². The molecule has 5 aromatic rings. The molecule has 18 rings (SSSR count). The molecule has 12 fully saturated rings. The van der Waals surface area contributed by atoms with Crippen LogP contribution in [0.4, 0.5) is 26.3 Å². The summed E-state index contributed by atoms with van der Waals surface area (Å²) in [6.45, 7) is 11.3. The zero-order valence-corrected chi connectivity index (χ0v) is 46.5. The second-order valence-electron chi connectivity index (χ2n) is 22.4. The number of thiol groups is 1. The van der Waals surface area contributed by atoms with Crippen LogP contribution in [0.25, 0.3) is 46.5 Å². The van der Waals surface area contributed by atoms with Gasteiger partial charge in [-0.1, -0.05) is 26.8 Å². The fourth-order valence-electron chi connectivity index (χ4n) is 10.5. The summed E-state index contributed by atoms with van der Waals surface area (Å²) in [7, 11) is 0. The Morgan fingerprint density at radius 2 is 0.909 bits per heavy atom. The standard InChI is InChI=1S/C53H48F6O12S6/c1-43-16-63-50(64-17-43,65-18-43)36(72)7-5-6-30-28(14-34(73-30)31-8-12-38(74-31)51-66-19-44(2,20-67-51)21-68-51)40-41(49(56,57)53(58,59)48(40,54)55)29-15-35(32-9-13-39(75-32)52-69-22-45(3,23-70-52)24-71-52)77-42(29)33-10-11-37(76-33)47-27-60-46(4,25-61-47)26-62-47/h5-15,72H,16-27H2,1-4H3/b6-5+,36-7-. The molecule has 0 N–H and O–H groups in total. The van der Waals surface area contributed by atoms with Crippen molar-refractivity contribution >= 4 is 86.5 Å². The van der Waals surface area contributed by atoms with Crippen molar-refractivity contribution in [3.05, 3.63) is 96.2 Å². The van der Waals surface area contributed by atoms with Gasteiger partial charge in [-0.2, -0.15) is 26.3 Å². The molecule has 0 atom stereocenters. The molecule has 410 valence electrons. The van der Waals surface area contributed by atoms with Gasteiger partial charge in [-0.15, -0.1) is 69.3 Å². The molecule has 17 heterocycles. The number of halogens is 6. The zero-order valence-electron chi connectivity index (χ0n) is 41.5. The van der Waals surface area contributed by atoms with Gasteiger partial charge in [0.1, 0.15) is 12.2 Å². The number of thiophene rings is 5. The van der Waals surface area contributed by atoms with Crippen LogP contribution in [-0.2, 0) is 74.6 Å². The van der Waals surface area contributed by atoms with E-state index in [-0.39, 0.29) is 50.7 Å². The van der Waals surface area contributed by atoms with E-state index in [1.54, 1.807) is 36.4 Å². The van der Waals surface area contributed by atoms with Gasteiger partial charge >= 0.3 is 35.7 Å². The third-order valence-corrected chi connectivity index (χ3v) is 22.1. The lowest BCUT2D eigenvalue weighted by molar-refractivity contribution is -0.476. The molecule has 0 unspecified atom stereocenters.